The van der Waals surface area contributed by atoms with Crippen LogP contribution < -0.4 is 0 Å². The number of hydrogen-bond donors (Lipinski definition) is 0. The van der Waals surface area contributed by atoms with Crippen LogP contribution in [0.25, 0.3) is 5.57 Å². The number of rotatable bonds is 4. The average Bonchev–Trinajstić information content (AvgIpc) is 2.31. The van der Waals surface area contributed by atoms with E-state index in [4.69, 9.17) is 4.74 Å². The van der Waals surface area contributed by atoms with Gasteiger partial charge in [0.25, 0.3) is 0 Å². The molecule has 0 atom stereocenters. The lowest BCUT2D eigenvalue weighted by atomic mass is 10.0. The van der Waals surface area contributed by atoms with Crippen LogP contribution in [-0.2, 0) is 9.53 Å². The molecule has 0 saturated carbocycles. The highest BCUT2D eigenvalue weighted by Crippen LogP contribution is 2.17. The minimum atomic E-state index is -0.359. The summed E-state index contributed by atoms with van der Waals surface area (Å²) in [5.74, 6) is -0.0176. The van der Waals surface area contributed by atoms with Crippen molar-refractivity contribution in [3.63, 3.8) is 0 Å². The van der Waals surface area contributed by atoms with E-state index in [1.54, 1.807) is 6.08 Å². The predicted molar refractivity (Wildman–Crippen MR) is 74.9 cm³/mol. The van der Waals surface area contributed by atoms with Crippen molar-refractivity contribution >= 4 is 11.5 Å². The Balaban J connectivity index is 2.80. The van der Waals surface area contributed by atoms with E-state index in [-0.39, 0.29) is 5.97 Å². The van der Waals surface area contributed by atoms with Gasteiger partial charge >= 0.3 is 5.97 Å². The smallest absolute Gasteiger partial charge is 0.308 e. The second-order valence-corrected chi connectivity index (χ2v) is 4.00. The summed E-state index contributed by atoms with van der Waals surface area (Å²) in [6, 6.07) is 8.24. The van der Waals surface area contributed by atoms with Gasteiger partial charge in [0.05, 0.1) is 0 Å². The van der Waals surface area contributed by atoms with E-state index in [1.165, 1.54) is 12.5 Å². The molecule has 94 valence electrons. The molecule has 0 aliphatic carbocycles. The fraction of sp³-hybridized carbons (Fsp3) is 0.188. The van der Waals surface area contributed by atoms with E-state index in [9.17, 15) is 4.79 Å². The fourth-order valence-electron chi connectivity index (χ4n) is 1.51. The summed E-state index contributed by atoms with van der Waals surface area (Å²) in [5, 5.41) is 0. The molecule has 0 spiro atoms. The van der Waals surface area contributed by atoms with Crippen LogP contribution in [0.5, 0.6) is 0 Å². The van der Waals surface area contributed by atoms with Gasteiger partial charge in [-0.3, -0.25) is 4.79 Å². The van der Waals surface area contributed by atoms with Crippen molar-refractivity contribution in [2.75, 3.05) is 0 Å². The van der Waals surface area contributed by atoms with Gasteiger partial charge in [0.1, 0.15) is 5.76 Å². The number of allylic oxidation sites excluding steroid dienone is 4. The molecule has 0 aliphatic rings. The van der Waals surface area contributed by atoms with Crippen LogP contribution in [0, 0.1) is 6.92 Å². The predicted octanol–water partition coefficient (Wildman–Crippen LogP) is 4.03. The Morgan fingerprint density at radius 2 is 1.83 bits per heavy atom. The molecule has 0 aromatic heterocycles. The molecule has 1 aromatic carbocycles. The van der Waals surface area contributed by atoms with Crippen molar-refractivity contribution in [2.45, 2.75) is 20.8 Å². The Morgan fingerprint density at radius 3 is 2.33 bits per heavy atom. The maximum atomic E-state index is 10.7. The summed E-state index contributed by atoms with van der Waals surface area (Å²) in [7, 11) is 0. The van der Waals surface area contributed by atoms with Gasteiger partial charge in [0.2, 0.25) is 0 Å². The van der Waals surface area contributed by atoms with E-state index in [1.807, 2.05) is 19.1 Å². The minimum absolute atomic E-state index is 0.342. The minimum Gasteiger partial charge on any atom is -0.427 e. The van der Waals surface area contributed by atoms with Crippen LogP contribution in [0.4, 0.5) is 0 Å². The lowest BCUT2D eigenvalue weighted by Crippen LogP contribution is -1.95. The van der Waals surface area contributed by atoms with Gasteiger partial charge in [0.15, 0.2) is 0 Å². The van der Waals surface area contributed by atoms with Crippen molar-refractivity contribution < 1.29 is 9.53 Å². The number of esters is 1. The molecule has 0 amide bonds. The molecule has 1 aromatic rings. The van der Waals surface area contributed by atoms with Crippen LogP contribution >= 0.6 is 0 Å². The Kier molecular flexibility index (Phi) is 5.12. The Bertz CT molecular complexity index is 490. The maximum absolute atomic E-state index is 10.7. The topological polar surface area (TPSA) is 26.3 Å². The van der Waals surface area contributed by atoms with E-state index in [0.717, 1.165) is 11.1 Å². The molecule has 2 heteroatoms. The highest BCUT2D eigenvalue weighted by molar-refractivity contribution is 5.74. The lowest BCUT2D eigenvalue weighted by molar-refractivity contribution is -0.136. The number of carbonyl (C=O) groups excluding carboxylic acids is 1. The quantitative estimate of drug-likeness (QED) is 0.452. The summed E-state index contributed by atoms with van der Waals surface area (Å²) in [5.41, 5.74) is 3.40. The molecular weight excluding hydrogens is 224 g/mol. The molecule has 0 unspecified atom stereocenters. The molecule has 0 fully saturated rings. The molecule has 0 aliphatic heterocycles. The first-order valence-electron chi connectivity index (χ1n) is 5.81. The number of hydrogen-bond acceptors (Lipinski definition) is 2. The summed E-state index contributed by atoms with van der Waals surface area (Å²) < 4.78 is 4.85. The lowest BCUT2D eigenvalue weighted by Gasteiger charge is -2.03. The second kappa shape index (κ2) is 6.60. The number of aryl methyl sites for hydroxylation is 1. The van der Waals surface area contributed by atoms with Crippen molar-refractivity contribution in [3.05, 3.63) is 66.0 Å². The number of carbonyl (C=O) groups is 1. The molecule has 0 saturated heterocycles. The van der Waals surface area contributed by atoms with E-state index >= 15 is 0 Å². The van der Waals surface area contributed by atoms with Crippen LogP contribution in [-0.4, -0.2) is 5.97 Å². The largest absolute Gasteiger partial charge is 0.427 e. The summed E-state index contributed by atoms with van der Waals surface area (Å²) in [6.45, 7) is 9.03. The summed E-state index contributed by atoms with van der Waals surface area (Å²) >= 11 is 0. The Hall–Kier alpha value is -2.09. The molecular formula is C16H18O2. The molecule has 18 heavy (non-hydrogen) atoms. The van der Waals surface area contributed by atoms with Crippen molar-refractivity contribution in [2.24, 2.45) is 0 Å². The van der Waals surface area contributed by atoms with Crippen molar-refractivity contribution in [1.29, 1.82) is 0 Å². The van der Waals surface area contributed by atoms with E-state index in [2.05, 4.69) is 37.8 Å². The third kappa shape index (κ3) is 4.42. The summed E-state index contributed by atoms with van der Waals surface area (Å²) in [6.07, 6.45) is 5.58. The van der Waals surface area contributed by atoms with Gasteiger partial charge in [-0.2, -0.15) is 0 Å². The van der Waals surface area contributed by atoms with Crippen LogP contribution in [0.3, 0.4) is 0 Å². The first kappa shape index (κ1) is 14.0. The molecule has 0 heterocycles. The van der Waals surface area contributed by atoms with Gasteiger partial charge in [0, 0.05) is 6.92 Å². The third-order valence-corrected chi connectivity index (χ3v) is 2.42. The zero-order chi connectivity index (χ0) is 13.5. The standard InChI is InChI=1S/C16H18O2/c1-5-15(11-8-13(3)18-14(4)17)16-9-6-12(2)7-10-16/h5-11H,3H2,1-2,4H3/b11-8-,15-5+. The molecule has 1 rings (SSSR count). The normalized spacial score (nSPS) is 11.6. The number of benzene rings is 1. The molecule has 0 N–H and O–H groups in total. The number of ether oxygens (including phenoxy) is 1. The van der Waals surface area contributed by atoms with Crippen LogP contribution in [0.2, 0.25) is 0 Å². The third-order valence-electron chi connectivity index (χ3n) is 2.42. The highest BCUT2D eigenvalue weighted by Gasteiger charge is 1.98. The summed E-state index contributed by atoms with van der Waals surface area (Å²) in [4.78, 5) is 10.7. The molecule has 0 bridgehead atoms. The van der Waals surface area contributed by atoms with Gasteiger partial charge < -0.3 is 4.74 Å². The SMILES string of the molecule is C=C(/C=C\C(=C/C)c1ccc(C)cc1)OC(C)=O. The fourth-order valence-corrected chi connectivity index (χ4v) is 1.51. The first-order valence-corrected chi connectivity index (χ1v) is 5.81. The van der Waals surface area contributed by atoms with Gasteiger partial charge in [-0.15, -0.1) is 0 Å². The monoisotopic (exact) mass is 242 g/mol. The van der Waals surface area contributed by atoms with E-state index < -0.39 is 0 Å². The van der Waals surface area contributed by atoms with Crippen LogP contribution in [0.1, 0.15) is 25.0 Å². The zero-order valence-corrected chi connectivity index (χ0v) is 11.1. The van der Waals surface area contributed by atoms with Crippen LogP contribution in [0.15, 0.2) is 54.8 Å². The van der Waals surface area contributed by atoms with Gasteiger partial charge in [-0.25, -0.2) is 0 Å². The average molecular weight is 242 g/mol. The van der Waals surface area contributed by atoms with Gasteiger partial charge in [-0.1, -0.05) is 48.6 Å². The maximum Gasteiger partial charge on any atom is 0.308 e. The van der Waals surface area contributed by atoms with Crippen molar-refractivity contribution in [1.82, 2.24) is 0 Å². The van der Waals surface area contributed by atoms with Crippen molar-refractivity contribution in [3.8, 4) is 0 Å². The molecule has 0 radical (unpaired) electrons. The van der Waals surface area contributed by atoms with E-state index in [0.29, 0.717) is 5.76 Å². The first-order chi connectivity index (χ1) is 8.52. The highest BCUT2D eigenvalue weighted by atomic mass is 16.5. The Labute approximate surface area is 108 Å². The zero-order valence-electron chi connectivity index (χ0n) is 11.1. The Morgan fingerprint density at radius 1 is 1.22 bits per heavy atom. The molecule has 2 nitrogen and oxygen atoms in total. The van der Waals surface area contributed by atoms with Gasteiger partial charge in [-0.05, 0) is 31.1 Å². The second-order valence-electron chi connectivity index (χ2n) is 4.00.